The summed E-state index contributed by atoms with van der Waals surface area (Å²) in [7, 11) is 0. The zero-order chi connectivity index (χ0) is 31.4. The van der Waals surface area contributed by atoms with Crippen LogP contribution >= 0.6 is 0 Å². The van der Waals surface area contributed by atoms with Crippen molar-refractivity contribution in [1.82, 2.24) is 0 Å². The van der Waals surface area contributed by atoms with Crippen molar-refractivity contribution in [3.63, 3.8) is 0 Å². The molecule has 0 amide bonds. The van der Waals surface area contributed by atoms with E-state index in [9.17, 15) is 55.9 Å². The molecule has 0 aromatic carbocycles. The molecule has 2 aliphatic rings. The van der Waals surface area contributed by atoms with Crippen LogP contribution in [0.25, 0.3) is 0 Å². The highest BCUT2D eigenvalue weighted by molar-refractivity contribution is 5.72. The molecular formula is C27H50O15. The minimum Gasteiger partial charge on any atom is -0.479 e. The Morgan fingerprint density at radius 1 is 0.762 bits per heavy atom. The van der Waals surface area contributed by atoms with Gasteiger partial charge < -0.3 is 70.0 Å². The number of carbonyl (C=O) groups is 1. The van der Waals surface area contributed by atoms with Gasteiger partial charge in [-0.2, -0.15) is 0 Å². The molecule has 15 nitrogen and oxygen atoms in total. The highest BCUT2D eigenvalue weighted by Gasteiger charge is 2.59. The van der Waals surface area contributed by atoms with Crippen LogP contribution < -0.4 is 0 Å². The van der Waals surface area contributed by atoms with Gasteiger partial charge in [0.25, 0.3) is 0 Å². The largest absolute Gasteiger partial charge is 0.479 e. The second-order valence-corrected chi connectivity index (χ2v) is 11.1. The first-order valence-corrected chi connectivity index (χ1v) is 14.8. The zero-order valence-electron chi connectivity index (χ0n) is 24.1. The summed E-state index contributed by atoms with van der Waals surface area (Å²) >= 11 is 0. The average molecular weight is 615 g/mol. The Bertz CT molecular complexity index is 774. The first-order valence-electron chi connectivity index (χ1n) is 14.8. The predicted molar refractivity (Wildman–Crippen MR) is 142 cm³/mol. The highest BCUT2D eigenvalue weighted by atomic mass is 16.8. The van der Waals surface area contributed by atoms with Gasteiger partial charge in [0.1, 0.15) is 43.2 Å². The van der Waals surface area contributed by atoms with Crippen LogP contribution in [-0.4, -0.2) is 137 Å². The van der Waals surface area contributed by atoms with Gasteiger partial charge in [0, 0.05) is 0 Å². The molecule has 0 saturated carbocycles. The number of aliphatic hydroxyl groups excluding tert-OH is 9. The Kier molecular flexibility index (Phi) is 16.0. The Morgan fingerprint density at radius 3 is 1.81 bits per heavy atom. The smallest absolute Gasteiger partial charge is 0.335 e. The first kappa shape index (κ1) is 37.1. The van der Waals surface area contributed by atoms with E-state index in [2.05, 4.69) is 6.92 Å². The molecule has 2 rings (SSSR count). The molecule has 2 heterocycles. The lowest BCUT2D eigenvalue weighted by atomic mass is 9.94. The van der Waals surface area contributed by atoms with Gasteiger partial charge in [-0.3, -0.25) is 0 Å². The third kappa shape index (κ3) is 9.99. The van der Waals surface area contributed by atoms with Crippen molar-refractivity contribution in [3.05, 3.63) is 0 Å². The maximum absolute atomic E-state index is 11.7. The summed E-state index contributed by atoms with van der Waals surface area (Å²) in [5, 5.41) is 101. The van der Waals surface area contributed by atoms with Gasteiger partial charge in [-0.1, -0.05) is 77.6 Å². The zero-order valence-corrected chi connectivity index (χ0v) is 24.1. The molecule has 2 fully saturated rings. The van der Waals surface area contributed by atoms with Crippen LogP contribution in [-0.2, 0) is 23.7 Å². The summed E-state index contributed by atoms with van der Waals surface area (Å²) in [6.07, 6.45) is -10.8. The van der Waals surface area contributed by atoms with E-state index in [4.69, 9.17) is 18.9 Å². The van der Waals surface area contributed by atoms with E-state index < -0.39 is 86.1 Å². The van der Waals surface area contributed by atoms with Crippen LogP contribution in [0.5, 0.6) is 0 Å². The molecular weight excluding hydrogens is 564 g/mol. The second-order valence-electron chi connectivity index (χ2n) is 11.1. The Hall–Kier alpha value is -1.05. The standard InChI is InChI=1S/C27H50O15/c1-2-3-4-5-6-7-8-9-10-11-12-13-15(16(29)23(35)36)41-27(14-28)22(18(31)20(33)25(38)42-27)39-26-21(34)17(30)19(32)24(37)40-26/h15-22,24-26,28-34,37-38H,2-14H2,1H3,(H,35,36)/t15?,16?,17-,18-,19-,20+,21+,22-,24-,25+,26+,27+/m0/s1. The van der Waals surface area contributed by atoms with Crippen LogP contribution in [0.3, 0.4) is 0 Å². The van der Waals surface area contributed by atoms with E-state index in [1.165, 1.54) is 32.1 Å². The van der Waals surface area contributed by atoms with E-state index in [1.807, 2.05) is 0 Å². The summed E-state index contributed by atoms with van der Waals surface area (Å²) in [5.41, 5.74) is 0. The molecule has 10 N–H and O–H groups in total. The lowest BCUT2D eigenvalue weighted by molar-refractivity contribution is -0.443. The third-order valence-electron chi connectivity index (χ3n) is 7.80. The van der Waals surface area contributed by atoms with Crippen molar-refractivity contribution in [2.24, 2.45) is 0 Å². The van der Waals surface area contributed by atoms with Crippen molar-refractivity contribution >= 4 is 5.97 Å². The fourth-order valence-electron chi connectivity index (χ4n) is 5.19. The van der Waals surface area contributed by atoms with Gasteiger partial charge in [0.15, 0.2) is 25.0 Å². The van der Waals surface area contributed by atoms with Crippen LogP contribution in [0.15, 0.2) is 0 Å². The van der Waals surface area contributed by atoms with E-state index in [1.54, 1.807) is 0 Å². The molecule has 2 saturated heterocycles. The normalized spacial score (nSPS) is 37.0. The third-order valence-corrected chi connectivity index (χ3v) is 7.80. The summed E-state index contributed by atoms with van der Waals surface area (Å²) in [5.74, 6) is -4.27. The monoisotopic (exact) mass is 614 g/mol. The second kappa shape index (κ2) is 18.0. The van der Waals surface area contributed by atoms with Crippen LogP contribution in [0, 0.1) is 0 Å². The number of rotatable bonds is 19. The number of ether oxygens (including phenoxy) is 4. The minimum absolute atomic E-state index is 0.0385. The van der Waals surface area contributed by atoms with Crippen molar-refractivity contribution in [2.45, 2.75) is 157 Å². The summed E-state index contributed by atoms with van der Waals surface area (Å²) < 4.78 is 21.4. The van der Waals surface area contributed by atoms with Crippen molar-refractivity contribution < 1.29 is 74.8 Å². The van der Waals surface area contributed by atoms with Crippen LogP contribution in [0.1, 0.15) is 84.0 Å². The minimum atomic E-state index is -2.62. The molecule has 0 spiro atoms. The number of carboxylic acid groups (broad SMARTS) is 1. The fraction of sp³-hybridized carbons (Fsp3) is 0.963. The van der Waals surface area contributed by atoms with Crippen LogP contribution in [0.2, 0.25) is 0 Å². The Morgan fingerprint density at radius 2 is 1.29 bits per heavy atom. The first-order chi connectivity index (χ1) is 19.9. The SMILES string of the molecule is CCCCCCCCCCCCCC(O[C@]1(CO)O[C@@H](O)[C@H](O)[C@H](O)[C@@H]1O[C@@H]1O[C@H](O)[C@@H](O)[C@H](O)[C@H]1O)C(O)C(=O)O. The highest BCUT2D eigenvalue weighted by Crippen LogP contribution is 2.37. The number of aliphatic carboxylic acids is 1. The Balaban J connectivity index is 2.09. The molecule has 0 aromatic heterocycles. The fourth-order valence-corrected chi connectivity index (χ4v) is 5.19. The van der Waals surface area contributed by atoms with E-state index in [0.717, 1.165) is 25.7 Å². The van der Waals surface area contributed by atoms with Gasteiger partial charge in [-0.25, -0.2) is 4.79 Å². The maximum Gasteiger partial charge on any atom is 0.335 e. The maximum atomic E-state index is 11.7. The van der Waals surface area contributed by atoms with Crippen LogP contribution in [0.4, 0.5) is 0 Å². The van der Waals surface area contributed by atoms with Crippen molar-refractivity contribution in [2.75, 3.05) is 6.61 Å². The molecule has 0 radical (unpaired) electrons. The van der Waals surface area contributed by atoms with Gasteiger partial charge in [0.05, 0.1) is 6.10 Å². The number of hydrogen-bond donors (Lipinski definition) is 10. The van der Waals surface area contributed by atoms with E-state index in [-0.39, 0.29) is 6.42 Å². The van der Waals surface area contributed by atoms with Gasteiger partial charge in [-0.05, 0) is 6.42 Å². The number of carboxylic acids is 1. The quantitative estimate of drug-likeness (QED) is 0.0737. The molecule has 2 unspecified atom stereocenters. The molecule has 12 atom stereocenters. The van der Waals surface area contributed by atoms with Gasteiger partial charge in [0.2, 0.25) is 5.79 Å². The van der Waals surface area contributed by atoms with Gasteiger partial charge >= 0.3 is 5.97 Å². The van der Waals surface area contributed by atoms with Gasteiger partial charge in [-0.15, -0.1) is 0 Å². The molecule has 248 valence electrons. The number of aliphatic hydroxyl groups is 9. The Labute approximate surface area is 245 Å². The number of unbranched alkanes of at least 4 members (excludes halogenated alkanes) is 10. The molecule has 0 aromatic rings. The average Bonchev–Trinajstić information content (AvgIpc) is 2.96. The summed E-state index contributed by atoms with van der Waals surface area (Å²) in [6, 6.07) is 0. The summed E-state index contributed by atoms with van der Waals surface area (Å²) in [4.78, 5) is 11.7. The van der Waals surface area contributed by atoms with E-state index in [0.29, 0.717) is 12.8 Å². The predicted octanol–water partition coefficient (Wildman–Crippen LogP) is -1.58. The van der Waals surface area contributed by atoms with Crippen molar-refractivity contribution in [1.29, 1.82) is 0 Å². The molecule has 0 bridgehead atoms. The summed E-state index contributed by atoms with van der Waals surface area (Å²) in [6.45, 7) is 0.957. The topological polar surface area (TPSA) is 256 Å². The molecule has 2 aliphatic heterocycles. The van der Waals surface area contributed by atoms with Crippen molar-refractivity contribution in [3.8, 4) is 0 Å². The number of hydrogen-bond acceptors (Lipinski definition) is 14. The van der Waals surface area contributed by atoms with E-state index >= 15 is 0 Å². The molecule has 42 heavy (non-hydrogen) atoms. The lowest BCUT2D eigenvalue weighted by Crippen LogP contribution is -2.70. The molecule has 0 aliphatic carbocycles. The lowest BCUT2D eigenvalue weighted by Gasteiger charge is -2.50. The molecule has 15 heteroatoms.